The van der Waals surface area contributed by atoms with Crippen LogP contribution in [0.25, 0.3) is 0 Å². The Morgan fingerprint density at radius 3 is 2.20 bits per heavy atom. The highest BCUT2D eigenvalue weighted by Crippen LogP contribution is 2.29. The molecule has 1 saturated heterocycles. The van der Waals surface area contributed by atoms with E-state index in [0.717, 1.165) is 18.4 Å². The molecule has 0 aromatic heterocycles. The molecule has 1 unspecified atom stereocenters. The highest BCUT2D eigenvalue weighted by Gasteiger charge is 2.42. The average Bonchev–Trinajstić information content (AvgIpc) is 2.77. The maximum atomic E-state index is 13.3. The predicted octanol–water partition coefficient (Wildman–Crippen LogP) is 2.50. The fourth-order valence-corrected chi connectivity index (χ4v) is 4.93. The van der Waals surface area contributed by atoms with Gasteiger partial charge in [-0.3, -0.25) is 24.1 Å². The van der Waals surface area contributed by atoms with E-state index in [1.807, 2.05) is 12.1 Å². The summed E-state index contributed by atoms with van der Waals surface area (Å²) in [4.78, 5) is 52.2. The lowest BCUT2D eigenvalue weighted by atomic mass is 9.81. The summed E-state index contributed by atoms with van der Waals surface area (Å²) in [6.07, 6.45) is 3.51. The highest BCUT2D eigenvalue weighted by atomic mass is 16.2. The van der Waals surface area contributed by atoms with Gasteiger partial charge in [-0.15, -0.1) is 0 Å². The molecule has 1 aliphatic heterocycles. The lowest BCUT2D eigenvalue weighted by molar-refractivity contribution is -0.156. The van der Waals surface area contributed by atoms with E-state index in [0.29, 0.717) is 31.4 Å². The molecule has 1 aromatic rings. The number of nitrogens with two attached hydrogens (primary N) is 1. The Balaban J connectivity index is 1.67. The standard InChI is InChI=1S/C27H40N4O4/c1-26(2,3)18-12-10-17(11-13-18)23(33)30-27(4,5)20(16-28)24(34)29-21-9-7-6-8-19(21)25(35)31-15-14-22(31)32/h10-13,19-21H,6-9,14-16,28H2,1-5H3,(H,29,34)(H,30,33)/t19-,20?,21+/m0/s1. The zero-order chi connectivity index (χ0) is 26.0. The van der Waals surface area contributed by atoms with Crippen LogP contribution in [-0.4, -0.2) is 53.2 Å². The van der Waals surface area contributed by atoms with E-state index in [-0.39, 0.29) is 41.6 Å². The maximum Gasteiger partial charge on any atom is 0.251 e. The minimum atomic E-state index is -0.916. The zero-order valence-electron chi connectivity index (χ0n) is 21.6. The normalized spacial score (nSPS) is 21.7. The van der Waals surface area contributed by atoms with E-state index in [4.69, 9.17) is 5.73 Å². The molecule has 1 heterocycles. The first-order chi connectivity index (χ1) is 16.3. The van der Waals surface area contributed by atoms with Crippen LogP contribution >= 0.6 is 0 Å². The van der Waals surface area contributed by atoms with Gasteiger partial charge in [-0.1, -0.05) is 45.7 Å². The van der Waals surface area contributed by atoms with E-state index in [2.05, 4.69) is 31.4 Å². The first-order valence-corrected chi connectivity index (χ1v) is 12.6. The van der Waals surface area contributed by atoms with Crippen LogP contribution in [0.15, 0.2) is 24.3 Å². The second kappa shape index (κ2) is 10.5. The largest absolute Gasteiger partial charge is 0.352 e. The first kappa shape index (κ1) is 26.9. The second-order valence-corrected chi connectivity index (χ2v) is 11.4. The molecule has 0 bridgehead atoms. The minimum absolute atomic E-state index is 0.0156. The van der Waals surface area contributed by atoms with E-state index >= 15 is 0 Å². The molecule has 2 aliphatic rings. The number of nitrogens with zero attached hydrogens (tertiary/aromatic N) is 1. The summed E-state index contributed by atoms with van der Waals surface area (Å²) >= 11 is 0. The van der Waals surface area contributed by atoms with Crippen LogP contribution in [-0.2, 0) is 19.8 Å². The Kier molecular flexibility index (Phi) is 8.04. The van der Waals surface area contributed by atoms with E-state index in [9.17, 15) is 19.2 Å². The van der Waals surface area contributed by atoms with Crippen molar-refractivity contribution in [1.82, 2.24) is 15.5 Å². The van der Waals surface area contributed by atoms with Gasteiger partial charge >= 0.3 is 0 Å². The summed E-state index contributed by atoms with van der Waals surface area (Å²) in [6, 6.07) is 7.12. The molecule has 0 spiro atoms. The molecule has 4 amide bonds. The van der Waals surface area contributed by atoms with Crippen molar-refractivity contribution in [3.63, 3.8) is 0 Å². The molecule has 3 atom stereocenters. The van der Waals surface area contributed by atoms with Gasteiger partial charge in [0.25, 0.3) is 5.91 Å². The number of rotatable bonds is 7. The molecule has 1 aromatic carbocycles. The number of nitrogens with one attached hydrogen (secondary N) is 2. The van der Waals surface area contributed by atoms with Crippen molar-refractivity contribution >= 4 is 23.6 Å². The molecule has 8 heteroatoms. The van der Waals surface area contributed by atoms with Gasteiger partial charge in [0, 0.05) is 36.7 Å². The number of β-lactam (4-membered cyclic amide) rings is 1. The summed E-state index contributed by atoms with van der Waals surface area (Å²) in [5, 5.41) is 6.01. The van der Waals surface area contributed by atoms with Gasteiger partial charge in [0.05, 0.1) is 11.8 Å². The quantitative estimate of drug-likeness (QED) is 0.406. The lowest BCUT2D eigenvalue weighted by Gasteiger charge is -2.39. The number of benzene rings is 1. The molecular weight excluding hydrogens is 444 g/mol. The van der Waals surface area contributed by atoms with Gasteiger partial charge in [-0.05, 0) is 49.8 Å². The Bertz CT molecular complexity index is 964. The number of imide groups is 1. The van der Waals surface area contributed by atoms with E-state index in [1.165, 1.54) is 4.90 Å². The SMILES string of the molecule is CC(C)(C)c1ccc(C(=O)NC(C)(C)C(CN)C(=O)N[C@@H]2CCCC[C@@H]2C(=O)N2CCC2=O)cc1. The van der Waals surface area contributed by atoms with Gasteiger partial charge in [0.15, 0.2) is 0 Å². The second-order valence-electron chi connectivity index (χ2n) is 11.4. The molecule has 8 nitrogen and oxygen atoms in total. The Morgan fingerprint density at radius 2 is 1.69 bits per heavy atom. The monoisotopic (exact) mass is 484 g/mol. The van der Waals surface area contributed by atoms with E-state index < -0.39 is 17.4 Å². The summed E-state index contributed by atoms with van der Waals surface area (Å²) in [7, 11) is 0. The van der Waals surface area contributed by atoms with Crippen LogP contribution < -0.4 is 16.4 Å². The van der Waals surface area contributed by atoms with E-state index in [1.54, 1.807) is 26.0 Å². The molecule has 2 fully saturated rings. The Morgan fingerprint density at radius 1 is 1.06 bits per heavy atom. The Hall–Kier alpha value is -2.74. The van der Waals surface area contributed by atoms with Gasteiger partial charge in [-0.2, -0.15) is 0 Å². The van der Waals surface area contributed by atoms with Crippen molar-refractivity contribution in [3.05, 3.63) is 35.4 Å². The maximum absolute atomic E-state index is 13.3. The van der Waals surface area contributed by atoms with Crippen molar-refractivity contribution in [1.29, 1.82) is 0 Å². The smallest absolute Gasteiger partial charge is 0.251 e. The Labute approximate surface area is 208 Å². The van der Waals surface area contributed by atoms with Gasteiger partial charge < -0.3 is 16.4 Å². The van der Waals surface area contributed by atoms with Crippen molar-refractivity contribution in [2.75, 3.05) is 13.1 Å². The van der Waals surface area contributed by atoms with Crippen LogP contribution in [0.1, 0.15) is 82.6 Å². The number of hydrogen-bond donors (Lipinski definition) is 3. The lowest BCUT2D eigenvalue weighted by Crippen LogP contribution is -2.60. The summed E-state index contributed by atoms with van der Waals surface area (Å²) < 4.78 is 0. The third-order valence-corrected chi connectivity index (χ3v) is 7.40. The van der Waals surface area contributed by atoms with Gasteiger partial charge in [0.1, 0.15) is 0 Å². The predicted molar refractivity (Wildman–Crippen MR) is 134 cm³/mol. The number of amides is 4. The number of carbonyl (C=O) groups is 4. The van der Waals surface area contributed by atoms with Crippen LogP contribution in [0, 0.1) is 11.8 Å². The third kappa shape index (κ3) is 6.10. The molecule has 192 valence electrons. The molecule has 4 N–H and O–H groups in total. The number of hydrogen-bond acceptors (Lipinski definition) is 5. The molecule has 35 heavy (non-hydrogen) atoms. The molecular formula is C27H40N4O4. The molecule has 3 rings (SSSR count). The van der Waals surface area contributed by atoms with Crippen LogP contribution in [0.2, 0.25) is 0 Å². The molecule has 0 radical (unpaired) electrons. The van der Waals surface area contributed by atoms with Gasteiger partial charge in [0.2, 0.25) is 17.7 Å². The highest BCUT2D eigenvalue weighted by molar-refractivity contribution is 6.00. The number of likely N-dealkylation sites (tertiary alicyclic amines) is 1. The van der Waals surface area contributed by atoms with Crippen LogP contribution in [0.5, 0.6) is 0 Å². The summed E-state index contributed by atoms with van der Waals surface area (Å²) in [5.41, 5.74) is 6.72. The topological polar surface area (TPSA) is 122 Å². The van der Waals surface area contributed by atoms with Crippen molar-refractivity contribution < 1.29 is 19.2 Å². The summed E-state index contributed by atoms with van der Waals surface area (Å²) in [5.74, 6) is -2.01. The minimum Gasteiger partial charge on any atom is -0.352 e. The first-order valence-electron chi connectivity index (χ1n) is 12.6. The fourth-order valence-electron chi connectivity index (χ4n) is 4.93. The summed E-state index contributed by atoms with van der Waals surface area (Å²) in [6.45, 7) is 10.4. The fraction of sp³-hybridized carbons (Fsp3) is 0.630. The van der Waals surface area contributed by atoms with Crippen LogP contribution in [0.3, 0.4) is 0 Å². The van der Waals surface area contributed by atoms with Crippen LogP contribution in [0.4, 0.5) is 0 Å². The third-order valence-electron chi connectivity index (χ3n) is 7.40. The molecule has 1 aliphatic carbocycles. The van der Waals surface area contributed by atoms with Gasteiger partial charge in [-0.25, -0.2) is 0 Å². The van der Waals surface area contributed by atoms with Crippen molar-refractivity contribution in [3.8, 4) is 0 Å². The van der Waals surface area contributed by atoms with Crippen molar-refractivity contribution in [2.24, 2.45) is 17.6 Å². The average molecular weight is 485 g/mol. The molecule has 1 saturated carbocycles. The number of carbonyl (C=O) groups excluding carboxylic acids is 4. The van der Waals surface area contributed by atoms with Crippen molar-refractivity contribution in [2.45, 2.75) is 83.7 Å². The zero-order valence-corrected chi connectivity index (χ0v) is 21.6.